The number of allylic oxidation sites excluding steroid dienone is 4. The van der Waals surface area contributed by atoms with Crippen molar-refractivity contribution in [3.63, 3.8) is 0 Å². The van der Waals surface area contributed by atoms with Crippen LogP contribution in [0, 0.1) is 23.2 Å². The zero-order chi connectivity index (χ0) is 16.1. The summed E-state index contributed by atoms with van der Waals surface area (Å²) in [6, 6.07) is 0. The minimum absolute atomic E-state index is 0.322. The molecule has 0 aromatic rings. The molecule has 1 atom stereocenters. The van der Waals surface area contributed by atoms with Gasteiger partial charge in [0.1, 0.15) is 0 Å². The van der Waals surface area contributed by atoms with Crippen molar-refractivity contribution in [2.24, 2.45) is 17.8 Å². The van der Waals surface area contributed by atoms with Crippen LogP contribution in [-0.4, -0.2) is 5.71 Å². The maximum atomic E-state index is 8.04. The van der Waals surface area contributed by atoms with Gasteiger partial charge in [-0.3, -0.25) is 0 Å². The quantitative estimate of drug-likeness (QED) is 0.448. The van der Waals surface area contributed by atoms with Gasteiger partial charge in [-0.15, -0.1) is 0 Å². The first-order valence-electron chi connectivity index (χ1n) is 7.16. The summed E-state index contributed by atoms with van der Waals surface area (Å²) in [4.78, 5) is 0. The fraction of sp³-hybridized carbons (Fsp3) is 0.688. The van der Waals surface area contributed by atoms with Gasteiger partial charge in [-0.05, 0) is 17.4 Å². The van der Waals surface area contributed by atoms with Crippen LogP contribution in [0.1, 0.15) is 54.4 Å². The summed E-state index contributed by atoms with van der Waals surface area (Å²) in [7, 11) is 1.25. The second kappa shape index (κ2) is 14.5. The molecule has 1 N–H and O–H groups in total. The van der Waals surface area contributed by atoms with Crippen LogP contribution in [0.25, 0.3) is 0 Å². The Labute approximate surface area is 145 Å². The summed E-state index contributed by atoms with van der Waals surface area (Å²) < 4.78 is 0. The molecule has 122 valence electrons. The fourth-order valence-electron chi connectivity index (χ4n) is 1.72. The second-order valence-corrected chi connectivity index (χ2v) is 10.4. The van der Waals surface area contributed by atoms with Crippen molar-refractivity contribution in [3.8, 4) is 0 Å². The molecule has 0 aromatic carbocycles. The van der Waals surface area contributed by atoms with Crippen molar-refractivity contribution in [1.82, 2.24) is 0 Å². The minimum atomic E-state index is 0.322. The number of hydrogen-bond donors (Lipinski definition) is 1. The van der Waals surface area contributed by atoms with E-state index in [1.54, 1.807) is 0 Å². The van der Waals surface area contributed by atoms with Gasteiger partial charge >= 0.3 is 39.3 Å². The van der Waals surface area contributed by atoms with Crippen molar-refractivity contribution >= 4 is 34.2 Å². The molecule has 0 amide bonds. The van der Waals surface area contributed by atoms with Crippen LogP contribution < -0.4 is 0 Å². The Hall–Kier alpha value is 0.604. The Kier molecular flexibility index (Phi) is 16.6. The molecular formula is C16H29Br2NNi. The van der Waals surface area contributed by atoms with Gasteiger partial charge < -0.3 is 5.41 Å². The van der Waals surface area contributed by atoms with E-state index in [0.29, 0.717) is 17.8 Å². The van der Waals surface area contributed by atoms with E-state index < -0.39 is 0 Å². The van der Waals surface area contributed by atoms with Crippen LogP contribution in [0.2, 0.25) is 0 Å². The van der Waals surface area contributed by atoms with Gasteiger partial charge in [0, 0.05) is 11.6 Å². The Morgan fingerprint density at radius 1 is 1.15 bits per heavy atom. The monoisotopic (exact) mass is 451 g/mol. The molecule has 1 aliphatic carbocycles. The van der Waals surface area contributed by atoms with E-state index >= 15 is 0 Å². The number of unbranched alkanes of at least 4 members (excludes halogenated alkanes) is 1. The zero-order valence-electron chi connectivity index (χ0n) is 13.5. The summed E-state index contributed by atoms with van der Waals surface area (Å²) in [6.07, 6.45) is 8.95. The summed E-state index contributed by atoms with van der Waals surface area (Å²) in [5, 5.41) is 8.04. The first-order valence-corrected chi connectivity index (χ1v) is 12.0. The summed E-state index contributed by atoms with van der Waals surface area (Å²) >= 11 is 6.00. The number of halogens is 2. The molecule has 20 heavy (non-hydrogen) atoms. The van der Waals surface area contributed by atoms with E-state index in [9.17, 15) is 0 Å². The van der Waals surface area contributed by atoms with Crippen molar-refractivity contribution in [2.75, 3.05) is 0 Å². The Balaban J connectivity index is 0. The number of hydrogen-bond acceptors (Lipinski definition) is 1. The Morgan fingerprint density at radius 3 is 1.90 bits per heavy atom. The molecule has 0 bridgehead atoms. The van der Waals surface area contributed by atoms with Gasteiger partial charge in [-0.2, -0.15) is 0 Å². The molecule has 4 heteroatoms. The summed E-state index contributed by atoms with van der Waals surface area (Å²) in [6.45, 7) is 13.0. The molecule has 0 aromatic heterocycles. The van der Waals surface area contributed by atoms with Crippen molar-refractivity contribution < 1.29 is 10.9 Å². The van der Waals surface area contributed by atoms with Crippen molar-refractivity contribution in [1.29, 1.82) is 5.41 Å². The van der Waals surface area contributed by atoms with E-state index in [1.165, 1.54) is 29.3 Å². The van der Waals surface area contributed by atoms with E-state index in [4.69, 9.17) is 5.41 Å². The normalized spacial score (nSPS) is 17.4. The third-order valence-electron chi connectivity index (χ3n) is 3.08. The molecule has 0 fully saturated rings. The van der Waals surface area contributed by atoms with Crippen LogP contribution in [0.3, 0.4) is 0 Å². The fourth-order valence-corrected chi connectivity index (χ4v) is 1.72. The Bertz CT molecular complexity index is 308. The van der Waals surface area contributed by atoms with Crippen LogP contribution in [0.4, 0.5) is 0 Å². The van der Waals surface area contributed by atoms with Crippen LogP contribution in [0.15, 0.2) is 23.8 Å². The SMILES string of the molecule is CC(C)C1=CC=CC(C(C)C)C1=N.CCCC.[Br][Ni][Br]. The predicted molar refractivity (Wildman–Crippen MR) is 96.6 cm³/mol. The first kappa shape index (κ1) is 22.9. The van der Waals surface area contributed by atoms with E-state index in [-0.39, 0.29) is 0 Å². The number of nitrogens with one attached hydrogen (secondary N) is 1. The van der Waals surface area contributed by atoms with Crippen molar-refractivity contribution in [3.05, 3.63) is 23.8 Å². The zero-order valence-corrected chi connectivity index (χ0v) is 17.6. The number of rotatable bonds is 3. The third-order valence-corrected chi connectivity index (χ3v) is 3.08. The molecule has 1 aliphatic rings. The Morgan fingerprint density at radius 2 is 1.60 bits per heavy atom. The van der Waals surface area contributed by atoms with Gasteiger partial charge in [0.05, 0.1) is 0 Å². The van der Waals surface area contributed by atoms with E-state index in [2.05, 4.69) is 88.2 Å². The molecule has 1 rings (SSSR count). The van der Waals surface area contributed by atoms with E-state index in [1.807, 2.05) is 0 Å². The van der Waals surface area contributed by atoms with Gasteiger partial charge in [0.2, 0.25) is 0 Å². The van der Waals surface area contributed by atoms with Gasteiger partial charge in [0.15, 0.2) is 0 Å². The molecule has 0 aliphatic heterocycles. The average Bonchev–Trinajstić information content (AvgIpc) is 2.39. The summed E-state index contributed by atoms with van der Waals surface area (Å²) in [5.74, 6) is 1.33. The van der Waals surface area contributed by atoms with Gasteiger partial charge in [-0.25, -0.2) is 0 Å². The van der Waals surface area contributed by atoms with Crippen LogP contribution in [0.5, 0.6) is 0 Å². The molecule has 1 nitrogen and oxygen atoms in total. The standard InChI is InChI=1S/C12H19N.C4H10.2BrH.Ni/c1-8(2)10-6-5-7-11(9(3)4)12(10)13;1-3-4-2;;;/h5-10,13H,1-4H3;3-4H2,1-2H3;2*1H;/q;;;;+2/p-2. The molecular weight excluding hydrogens is 425 g/mol. The predicted octanol–water partition coefficient (Wildman–Crippen LogP) is 6.93. The molecule has 1 unspecified atom stereocenters. The molecule has 0 saturated carbocycles. The van der Waals surface area contributed by atoms with Crippen molar-refractivity contribution in [2.45, 2.75) is 54.4 Å². The second-order valence-electron chi connectivity index (χ2n) is 5.39. The third kappa shape index (κ3) is 10.3. The first-order chi connectivity index (χ1) is 9.37. The average molecular weight is 454 g/mol. The molecule has 0 heterocycles. The molecule has 0 radical (unpaired) electrons. The molecule has 0 saturated heterocycles. The molecule has 0 spiro atoms. The van der Waals surface area contributed by atoms with E-state index in [0.717, 1.165) is 5.71 Å². The van der Waals surface area contributed by atoms with Crippen LogP contribution >= 0.6 is 28.5 Å². The van der Waals surface area contributed by atoms with Crippen LogP contribution in [-0.2, 0) is 10.9 Å². The topological polar surface area (TPSA) is 23.9 Å². The summed E-state index contributed by atoms with van der Waals surface area (Å²) in [5.41, 5.74) is 2.01. The van der Waals surface area contributed by atoms with Gasteiger partial charge in [-0.1, -0.05) is 72.6 Å². The maximum absolute atomic E-state index is 8.04. The van der Waals surface area contributed by atoms with Gasteiger partial charge in [0.25, 0.3) is 0 Å².